The van der Waals surface area contributed by atoms with Crippen molar-refractivity contribution < 1.29 is 9.47 Å². The van der Waals surface area contributed by atoms with Crippen molar-refractivity contribution in [2.45, 2.75) is 13.8 Å². The second kappa shape index (κ2) is 7.33. The summed E-state index contributed by atoms with van der Waals surface area (Å²) < 4.78 is 11.5. The van der Waals surface area contributed by atoms with Crippen molar-refractivity contribution in [3.05, 3.63) is 59.7 Å². The van der Waals surface area contributed by atoms with Crippen LogP contribution in [0.1, 0.15) is 25.0 Å². The highest BCUT2D eigenvalue weighted by Gasteiger charge is 2.20. The van der Waals surface area contributed by atoms with Gasteiger partial charge in [-0.25, -0.2) is 0 Å². The van der Waals surface area contributed by atoms with Gasteiger partial charge in [0.1, 0.15) is 11.5 Å². The van der Waals surface area contributed by atoms with E-state index in [-0.39, 0.29) is 5.41 Å². The molecular weight excluding hydrogens is 288 g/mol. The van der Waals surface area contributed by atoms with Crippen molar-refractivity contribution in [2.75, 3.05) is 13.2 Å². The molecule has 0 aliphatic rings. The van der Waals surface area contributed by atoms with Crippen LogP contribution >= 0.6 is 0 Å². The fourth-order valence-electron chi connectivity index (χ4n) is 1.85. The maximum absolute atomic E-state index is 8.77. The lowest BCUT2D eigenvalue weighted by atomic mass is 9.96. The van der Waals surface area contributed by atoms with Crippen molar-refractivity contribution >= 4 is 0 Å². The minimum atomic E-state index is -0.179. The molecule has 0 saturated carbocycles. The molecule has 0 spiro atoms. The Kier molecular flexibility index (Phi) is 5.23. The van der Waals surface area contributed by atoms with Gasteiger partial charge in [-0.15, -0.1) is 0 Å². The van der Waals surface area contributed by atoms with Crippen LogP contribution < -0.4 is 9.47 Å². The molecule has 2 aromatic rings. The molecule has 4 nitrogen and oxygen atoms in total. The van der Waals surface area contributed by atoms with Gasteiger partial charge < -0.3 is 9.47 Å². The molecule has 4 heteroatoms. The quantitative estimate of drug-likeness (QED) is 0.811. The predicted molar refractivity (Wildman–Crippen MR) is 87.1 cm³/mol. The lowest BCUT2D eigenvalue weighted by molar-refractivity contribution is 0.110. The van der Waals surface area contributed by atoms with Gasteiger partial charge in [0.2, 0.25) is 0 Å². The molecule has 0 atom stereocenters. The number of nitrogens with zero attached hydrogens (tertiary/aromatic N) is 2. The maximum Gasteiger partial charge on any atom is 0.119 e. The molecule has 0 fully saturated rings. The number of nitriles is 2. The summed E-state index contributed by atoms with van der Waals surface area (Å²) in [6.07, 6.45) is 0. The minimum Gasteiger partial charge on any atom is -0.493 e. The normalized spacial score (nSPS) is 10.4. The highest BCUT2D eigenvalue weighted by atomic mass is 16.5. The van der Waals surface area contributed by atoms with Crippen LogP contribution in [0, 0.1) is 28.1 Å². The summed E-state index contributed by atoms with van der Waals surface area (Å²) >= 11 is 0. The van der Waals surface area contributed by atoms with Crippen LogP contribution in [0.5, 0.6) is 11.5 Å². The van der Waals surface area contributed by atoms with Crippen molar-refractivity contribution in [2.24, 2.45) is 5.41 Å². The molecule has 0 bridgehead atoms. The molecule has 23 heavy (non-hydrogen) atoms. The Labute approximate surface area is 136 Å². The Morgan fingerprint density at radius 3 is 1.39 bits per heavy atom. The molecule has 0 saturated heterocycles. The van der Waals surface area contributed by atoms with Gasteiger partial charge in [0.25, 0.3) is 0 Å². The van der Waals surface area contributed by atoms with E-state index in [1.807, 2.05) is 0 Å². The number of hydrogen-bond acceptors (Lipinski definition) is 4. The number of rotatable bonds is 6. The summed E-state index contributed by atoms with van der Waals surface area (Å²) in [6, 6.07) is 18.2. The summed E-state index contributed by atoms with van der Waals surface area (Å²) in [5.41, 5.74) is 1.04. The van der Waals surface area contributed by atoms with E-state index in [2.05, 4.69) is 26.0 Å². The highest BCUT2D eigenvalue weighted by Crippen LogP contribution is 2.21. The Bertz CT molecular complexity index is 656. The van der Waals surface area contributed by atoms with Gasteiger partial charge in [0.05, 0.1) is 36.5 Å². The molecule has 0 amide bonds. The smallest absolute Gasteiger partial charge is 0.119 e. The van der Waals surface area contributed by atoms with Crippen LogP contribution in [-0.2, 0) is 0 Å². The average Bonchev–Trinajstić information content (AvgIpc) is 2.59. The van der Waals surface area contributed by atoms with E-state index >= 15 is 0 Å². The maximum atomic E-state index is 8.77. The average molecular weight is 306 g/mol. The van der Waals surface area contributed by atoms with E-state index in [0.29, 0.717) is 24.3 Å². The van der Waals surface area contributed by atoms with Crippen LogP contribution in [0.2, 0.25) is 0 Å². The largest absolute Gasteiger partial charge is 0.493 e. The van der Waals surface area contributed by atoms with Crippen molar-refractivity contribution in [1.29, 1.82) is 10.5 Å². The summed E-state index contributed by atoms with van der Waals surface area (Å²) in [7, 11) is 0. The third-order valence-corrected chi connectivity index (χ3v) is 3.23. The van der Waals surface area contributed by atoms with E-state index in [4.69, 9.17) is 20.0 Å². The fourth-order valence-corrected chi connectivity index (χ4v) is 1.85. The van der Waals surface area contributed by atoms with Crippen LogP contribution in [0.25, 0.3) is 0 Å². The Morgan fingerprint density at radius 1 is 0.739 bits per heavy atom. The van der Waals surface area contributed by atoms with Gasteiger partial charge in [-0.2, -0.15) is 10.5 Å². The van der Waals surface area contributed by atoms with Crippen LogP contribution in [0.15, 0.2) is 48.5 Å². The van der Waals surface area contributed by atoms with Crippen molar-refractivity contribution in [3.63, 3.8) is 0 Å². The minimum absolute atomic E-state index is 0.179. The molecule has 116 valence electrons. The van der Waals surface area contributed by atoms with Gasteiger partial charge in [0.15, 0.2) is 0 Å². The van der Waals surface area contributed by atoms with Gasteiger partial charge in [0, 0.05) is 5.41 Å². The topological polar surface area (TPSA) is 66.0 Å². The van der Waals surface area contributed by atoms with E-state index in [1.165, 1.54) is 0 Å². The molecule has 0 N–H and O–H groups in total. The highest BCUT2D eigenvalue weighted by molar-refractivity contribution is 5.35. The predicted octanol–water partition coefficient (Wildman–Crippen LogP) is 3.91. The molecule has 0 radical (unpaired) electrons. The molecule has 0 aromatic heterocycles. The molecule has 2 rings (SSSR count). The summed E-state index contributed by atoms with van der Waals surface area (Å²) in [6.45, 7) is 5.10. The zero-order valence-electron chi connectivity index (χ0n) is 13.2. The SMILES string of the molecule is CC(C)(COc1ccc(C#N)cc1)COc1ccc(C#N)cc1. The number of hydrogen-bond donors (Lipinski definition) is 0. The lowest BCUT2D eigenvalue weighted by Gasteiger charge is -2.25. The van der Waals surface area contributed by atoms with E-state index < -0.39 is 0 Å². The Balaban J connectivity index is 1.85. The number of ether oxygens (including phenoxy) is 2. The molecule has 0 unspecified atom stereocenters. The zero-order chi connectivity index (χ0) is 16.7. The fraction of sp³-hybridized carbons (Fsp3) is 0.263. The number of benzene rings is 2. The van der Waals surface area contributed by atoms with Gasteiger partial charge in [-0.05, 0) is 48.5 Å². The van der Waals surface area contributed by atoms with E-state index in [9.17, 15) is 0 Å². The van der Waals surface area contributed by atoms with Crippen LogP contribution in [0.4, 0.5) is 0 Å². The molecule has 2 aromatic carbocycles. The van der Waals surface area contributed by atoms with Crippen molar-refractivity contribution in [3.8, 4) is 23.6 Å². The third kappa shape index (κ3) is 5.05. The molecule has 0 heterocycles. The van der Waals surface area contributed by atoms with Gasteiger partial charge in [-0.1, -0.05) is 13.8 Å². The van der Waals surface area contributed by atoms with E-state index in [1.54, 1.807) is 48.5 Å². The summed E-state index contributed by atoms with van der Waals surface area (Å²) in [5.74, 6) is 1.46. The molecule has 0 aliphatic heterocycles. The first-order valence-corrected chi connectivity index (χ1v) is 7.28. The Morgan fingerprint density at radius 2 is 1.09 bits per heavy atom. The molecule has 0 aliphatic carbocycles. The molecular formula is C19H18N2O2. The third-order valence-electron chi connectivity index (χ3n) is 3.23. The first-order chi connectivity index (χ1) is 11.0. The Hall–Kier alpha value is -2.98. The lowest BCUT2D eigenvalue weighted by Crippen LogP contribution is -2.28. The second-order valence-electron chi connectivity index (χ2n) is 6.01. The first-order valence-electron chi connectivity index (χ1n) is 7.28. The zero-order valence-corrected chi connectivity index (χ0v) is 13.2. The van der Waals surface area contributed by atoms with Gasteiger partial charge in [-0.3, -0.25) is 0 Å². The van der Waals surface area contributed by atoms with Crippen LogP contribution in [-0.4, -0.2) is 13.2 Å². The van der Waals surface area contributed by atoms with Crippen LogP contribution in [0.3, 0.4) is 0 Å². The van der Waals surface area contributed by atoms with E-state index in [0.717, 1.165) is 11.5 Å². The van der Waals surface area contributed by atoms with Gasteiger partial charge >= 0.3 is 0 Å². The second-order valence-corrected chi connectivity index (χ2v) is 6.01. The van der Waals surface area contributed by atoms with Crippen molar-refractivity contribution in [1.82, 2.24) is 0 Å². The summed E-state index contributed by atoms with van der Waals surface area (Å²) in [4.78, 5) is 0. The summed E-state index contributed by atoms with van der Waals surface area (Å²) in [5, 5.41) is 17.5. The monoisotopic (exact) mass is 306 g/mol. The first kappa shape index (κ1) is 16.4. The standard InChI is InChI=1S/C19H18N2O2/c1-19(2,13-22-17-7-3-15(11-20)4-8-17)14-23-18-9-5-16(12-21)6-10-18/h3-10H,13-14H2,1-2H3.